The third-order valence-corrected chi connectivity index (χ3v) is 7.69. The normalized spacial score (nSPS) is 16.9. The number of benzene rings is 1. The van der Waals surface area contributed by atoms with Crippen LogP contribution < -0.4 is 26.8 Å². The highest BCUT2D eigenvalue weighted by Gasteiger charge is 2.52. The van der Waals surface area contributed by atoms with Gasteiger partial charge in [-0.3, -0.25) is 44.4 Å². The molecule has 15 heteroatoms. The molecule has 6 N–H and O–H groups in total. The lowest BCUT2D eigenvalue weighted by molar-refractivity contribution is -0.141. The van der Waals surface area contributed by atoms with E-state index in [0.717, 1.165) is 31.2 Å². The number of hydrazine groups is 1. The number of aryl methyl sites for hydroxylation is 1. The number of unbranched alkanes of at least 4 members (excludes halogenated alkanes) is 2. The molecule has 1 aromatic carbocycles. The second-order valence-corrected chi connectivity index (χ2v) is 12.2. The van der Waals surface area contributed by atoms with Crippen LogP contribution in [0.3, 0.4) is 0 Å². The Bertz CT molecular complexity index is 1270. The quantitative estimate of drug-likeness (QED) is 0.0841. The molecule has 1 aromatic rings. The number of epoxide rings is 1. The van der Waals surface area contributed by atoms with Crippen LogP contribution in [0.4, 0.5) is 0 Å². The summed E-state index contributed by atoms with van der Waals surface area (Å²) in [6, 6.07) is 5.59. The molecule has 6 amide bonds. The molecule has 2 unspecified atom stereocenters. The average Bonchev–Trinajstić information content (AvgIpc) is 3.86. The van der Waals surface area contributed by atoms with Gasteiger partial charge in [0.05, 0.1) is 6.42 Å². The smallest absolute Gasteiger partial charge is 0.305 e. The fraction of sp³-hybridized carbons (Fsp3) is 0.606. The molecule has 0 spiro atoms. The number of ether oxygens (including phenoxy) is 1. The Balaban J connectivity index is 1.90. The first-order valence-corrected chi connectivity index (χ1v) is 16.5. The highest BCUT2D eigenvalue weighted by molar-refractivity contribution is 5.98. The molecule has 0 aliphatic carbocycles. The van der Waals surface area contributed by atoms with Crippen molar-refractivity contribution in [3.8, 4) is 0 Å². The molecule has 1 heterocycles. The van der Waals surface area contributed by atoms with Gasteiger partial charge in [-0.2, -0.15) is 0 Å². The van der Waals surface area contributed by atoms with Gasteiger partial charge in [-0.1, -0.05) is 70.9 Å². The molecule has 1 aliphatic rings. The number of aliphatic carboxylic acids is 1. The van der Waals surface area contributed by atoms with Gasteiger partial charge in [0.2, 0.25) is 17.7 Å². The largest absolute Gasteiger partial charge is 0.481 e. The van der Waals surface area contributed by atoms with E-state index in [1.165, 1.54) is 6.92 Å². The van der Waals surface area contributed by atoms with Crippen molar-refractivity contribution in [3.63, 3.8) is 0 Å². The molecule has 1 fully saturated rings. The molecule has 0 radical (unpaired) electrons. The predicted octanol–water partition coefficient (Wildman–Crippen LogP) is 0.568. The predicted molar refractivity (Wildman–Crippen MR) is 175 cm³/mol. The van der Waals surface area contributed by atoms with Crippen molar-refractivity contribution in [2.45, 2.75) is 110 Å². The molecule has 266 valence electrons. The summed E-state index contributed by atoms with van der Waals surface area (Å²) in [4.78, 5) is 89.8. The Hall–Kier alpha value is -4.53. The van der Waals surface area contributed by atoms with Crippen LogP contribution in [0.1, 0.15) is 78.7 Å². The SMILES string of the molecule is CCCCN(CCCC)C(=O)C1OC1C(=O)NNC(=O)[C@H](CC(=O)O)NC(=O)[C@H](C)NC(=O)[C@@H](NC(=O)CCc1ccccc1)C(C)C. The van der Waals surface area contributed by atoms with Crippen molar-refractivity contribution in [1.82, 2.24) is 31.7 Å². The van der Waals surface area contributed by atoms with Crippen LogP contribution in [0.2, 0.25) is 0 Å². The fourth-order valence-corrected chi connectivity index (χ4v) is 4.72. The number of hydrogen-bond acceptors (Lipinski definition) is 8. The highest BCUT2D eigenvalue weighted by Crippen LogP contribution is 2.25. The summed E-state index contributed by atoms with van der Waals surface area (Å²) in [5, 5.41) is 16.8. The third kappa shape index (κ3) is 13.3. The van der Waals surface area contributed by atoms with Crippen LogP contribution in [0.15, 0.2) is 30.3 Å². The lowest BCUT2D eigenvalue weighted by atomic mass is 10.0. The monoisotopic (exact) mass is 674 g/mol. The van der Waals surface area contributed by atoms with Gasteiger partial charge in [0.15, 0.2) is 12.2 Å². The number of nitrogens with one attached hydrogen (secondary N) is 5. The molecule has 1 aliphatic heterocycles. The van der Waals surface area contributed by atoms with E-state index in [4.69, 9.17) is 4.74 Å². The molecule has 1 saturated heterocycles. The highest BCUT2D eigenvalue weighted by atomic mass is 16.6. The second-order valence-electron chi connectivity index (χ2n) is 12.2. The zero-order valence-electron chi connectivity index (χ0n) is 28.4. The number of carbonyl (C=O) groups excluding carboxylic acids is 6. The summed E-state index contributed by atoms with van der Waals surface area (Å²) < 4.78 is 5.28. The number of nitrogens with zero attached hydrogens (tertiary/aromatic N) is 1. The first kappa shape index (κ1) is 39.6. The minimum atomic E-state index is -1.62. The van der Waals surface area contributed by atoms with Crippen molar-refractivity contribution in [2.24, 2.45) is 5.92 Å². The molecular weight excluding hydrogens is 624 g/mol. The van der Waals surface area contributed by atoms with Gasteiger partial charge >= 0.3 is 5.97 Å². The number of amides is 6. The third-order valence-electron chi connectivity index (χ3n) is 7.69. The zero-order valence-corrected chi connectivity index (χ0v) is 28.4. The van der Waals surface area contributed by atoms with Crippen molar-refractivity contribution in [2.75, 3.05) is 13.1 Å². The summed E-state index contributed by atoms with van der Waals surface area (Å²) in [5.41, 5.74) is 5.16. The molecule has 0 saturated carbocycles. The maximum Gasteiger partial charge on any atom is 0.305 e. The van der Waals surface area contributed by atoms with Crippen molar-refractivity contribution < 1.29 is 43.4 Å². The van der Waals surface area contributed by atoms with Crippen LogP contribution in [0.5, 0.6) is 0 Å². The van der Waals surface area contributed by atoms with E-state index in [0.29, 0.717) is 19.5 Å². The molecular formula is C33H50N6O9. The number of rotatable bonds is 20. The number of hydrogen-bond donors (Lipinski definition) is 6. The van der Waals surface area contributed by atoms with Crippen LogP contribution in [-0.2, 0) is 44.7 Å². The van der Waals surface area contributed by atoms with Crippen molar-refractivity contribution >= 4 is 41.4 Å². The van der Waals surface area contributed by atoms with Gasteiger partial charge in [-0.15, -0.1) is 0 Å². The van der Waals surface area contributed by atoms with Gasteiger partial charge in [-0.05, 0) is 37.7 Å². The maximum absolute atomic E-state index is 13.0. The molecule has 0 bridgehead atoms. The summed E-state index contributed by atoms with van der Waals surface area (Å²) in [6.07, 6.45) is 1.08. The maximum atomic E-state index is 13.0. The summed E-state index contributed by atoms with van der Waals surface area (Å²) in [5.74, 6) is -5.75. The van der Waals surface area contributed by atoms with Gasteiger partial charge in [-0.25, -0.2) is 0 Å². The Morgan fingerprint density at radius 3 is 2.00 bits per heavy atom. The average molecular weight is 675 g/mol. The molecule has 48 heavy (non-hydrogen) atoms. The summed E-state index contributed by atoms with van der Waals surface area (Å²) >= 11 is 0. The van der Waals surface area contributed by atoms with Gasteiger partial charge in [0, 0.05) is 19.5 Å². The zero-order chi connectivity index (χ0) is 35.8. The first-order valence-electron chi connectivity index (χ1n) is 16.5. The topological polar surface area (TPSA) is 216 Å². The first-order chi connectivity index (χ1) is 22.8. The van der Waals surface area contributed by atoms with Crippen molar-refractivity contribution in [3.05, 3.63) is 35.9 Å². The summed E-state index contributed by atoms with van der Waals surface area (Å²) in [7, 11) is 0. The Morgan fingerprint density at radius 2 is 1.44 bits per heavy atom. The Labute approximate surface area is 281 Å². The van der Waals surface area contributed by atoms with Crippen LogP contribution in [0.25, 0.3) is 0 Å². The molecule has 2 rings (SSSR count). The second kappa shape index (κ2) is 20.0. The lowest BCUT2D eigenvalue weighted by Crippen LogP contribution is -2.58. The molecule has 0 aromatic heterocycles. The van der Waals surface area contributed by atoms with E-state index >= 15 is 0 Å². The number of carboxylic acid groups (broad SMARTS) is 1. The van der Waals surface area contributed by atoms with E-state index in [1.54, 1.807) is 18.7 Å². The minimum absolute atomic E-state index is 0.152. The van der Waals surface area contributed by atoms with Crippen LogP contribution in [0, 0.1) is 5.92 Å². The van der Waals surface area contributed by atoms with E-state index in [2.05, 4.69) is 26.8 Å². The summed E-state index contributed by atoms with van der Waals surface area (Å²) in [6.45, 7) is 9.89. The van der Waals surface area contributed by atoms with Crippen LogP contribution in [-0.4, -0.2) is 94.8 Å². The van der Waals surface area contributed by atoms with Crippen molar-refractivity contribution in [1.29, 1.82) is 0 Å². The standard InChI is InChI=1S/C33H50N6O9/c1-6-8-17-39(18-9-7-2)33(47)28-27(48-28)32(46)38-37-30(44)23(19-25(41)42)35-29(43)21(5)34-31(45)26(20(3)4)36-24(40)16-15-22-13-11-10-12-14-22/h10-14,20-21,23,26-28H,6-9,15-19H2,1-5H3,(H,34,45)(H,35,43)(H,36,40)(H,37,44)(H,38,46)(H,41,42)/t21-,23-,26-,27?,28?/m0/s1. The molecule has 15 nitrogen and oxygen atoms in total. The van der Waals surface area contributed by atoms with E-state index in [9.17, 15) is 38.7 Å². The fourth-order valence-electron chi connectivity index (χ4n) is 4.72. The van der Waals surface area contributed by atoms with E-state index < -0.39 is 66.4 Å². The Morgan fingerprint density at radius 1 is 0.812 bits per heavy atom. The van der Waals surface area contributed by atoms with E-state index in [-0.39, 0.29) is 24.2 Å². The lowest BCUT2D eigenvalue weighted by Gasteiger charge is -2.25. The van der Waals surface area contributed by atoms with Gasteiger partial charge in [0.25, 0.3) is 17.7 Å². The van der Waals surface area contributed by atoms with Gasteiger partial charge < -0.3 is 30.7 Å². The molecule has 5 atom stereocenters. The van der Waals surface area contributed by atoms with Crippen LogP contribution >= 0.6 is 0 Å². The minimum Gasteiger partial charge on any atom is -0.481 e. The van der Waals surface area contributed by atoms with E-state index in [1.807, 2.05) is 44.2 Å². The number of carboxylic acids is 1. The van der Waals surface area contributed by atoms with Gasteiger partial charge in [0.1, 0.15) is 18.1 Å². The Kier molecular flexibility index (Phi) is 16.5. The number of carbonyl (C=O) groups is 7.